The van der Waals surface area contributed by atoms with E-state index in [4.69, 9.17) is 0 Å². The molecule has 8 heteroatoms. The second kappa shape index (κ2) is 7.03. The first-order valence-corrected chi connectivity index (χ1v) is 9.66. The monoisotopic (exact) mass is 382 g/mol. The van der Waals surface area contributed by atoms with Gasteiger partial charge in [-0.1, -0.05) is 30.4 Å². The highest BCUT2D eigenvalue weighted by atomic mass is 32.1. The molecule has 1 fully saturated rings. The Morgan fingerprint density at radius 1 is 1.11 bits per heavy atom. The minimum atomic E-state index is -0.308. The van der Waals surface area contributed by atoms with Crippen LogP contribution in [0, 0.1) is 11.8 Å². The molecule has 1 aromatic carbocycles. The zero-order chi connectivity index (χ0) is 19.0. The summed E-state index contributed by atoms with van der Waals surface area (Å²) in [5.41, 5.74) is 0.922. The molecule has 2 unspecified atom stereocenters. The van der Waals surface area contributed by atoms with Crippen molar-refractivity contribution < 1.29 is 14.4 Å². The summed E-state index contributed by atoms with van der Waals surface area (Å²) in [6, 6.07) is 6.47. The summed E-state index contributed by atoms with van der Waals surface area (Å²) in [6.45, 7) is 1.97. The number of carbonyl (C=O) groups excluding carboxylic acids is 3. The summed E-state index contributed by atoms with van der Waals surface area (Å²) in [5.74, 6) is -1.16. The fraction of sp³-hybridized carbons (Fsp3) is 0.316. The van der Waals surface area contributed by atoms with Gasteiger partial charge in [-0.05, 0) is 43.5 Å². The highest BCUT2D eigenvalue weighted by Gasteiger charge is 2.47. The van der Waals surface area contributed by atoms with E-state index in [-0.39, 0.29) is 29.6 Å². The fourth-order valence-electron chi connectivity index (χ4n) is 3.43. The molecular weight excluding hydrogens is 364 g/mol. The van der Waals surface area contributed by atoms with Crippen molar-refractivity contribution >= 4 is 39.9 Å². The van der Waals surface area contributed by atoms with Crippen LogP contribution in [0.5, 0.6) is 0 Å². The molecule has 1 saturated heterocycles. The molecule has 2 heterocycles. The number of allylic oxidation sites excluding steroid dienone is 2. The lowest BCUT2D eigenvalue weighted by atomic mass is 9.85. The SMILES string of the molecule is CCc1nnc(NC(=O)c2ccc(N3C(=O)C4CC=CCC4C3=O)cc2)s1. The van der Waals surface area contributed by atoms with E-state index in [9.17, 15) is 14.4 Å². The normalized spacial score (nSPS) is 21.4. The highest BCUT2D eigenvalue weighted by molar-refractivity contribution is 7.15. The first kappa shape index (κ1) is 17.5. The molecule has 0 saturated carbocycles. The first-order valence-electron chi connectivity index (χ1n) is 8.85. The Hall–Kier alpha value is -2.87. The number of nitrogens with one attached hydrogen (secondary N) is 1. The van der Waals surface area contributed by atoms with E-state index in [1.54, 1.807) is 24.3 Å². The van der Waals surface area contributed by atoms with Gasteiger partial charge in [0, 0.05) is 5.56 Å². The fourth-order valence-corrected chi connectivity index (χ4v) is 4.11. The number of nitrogens with zero attached hydrogens (tertiary/aromatic N) is 3. The second-order valence-electron chi connectivity index (χ2n) is 6.52. The van der Waals surface area contributed by atoms with E-state index >= 15 is 0 Å². The van der Waals surface area contributed by atoms with Crippen molar-refractivity contribution in [3.63, 3.8) is 0 Å². The predicted molar refractivity (Wildman–Crippen MR) is 102 cm³/mol. The van der Waals surface area contributed by atoms with Gasteiger partial charge in [0.1, 0.15) is 5.01 Å². The molecule has 27 heavy (non-hydrogen) atoms. The van der Waals surface area contributed by atoms with Gasteiger partial charge in [-0.2, -0.15) is 0 Å². The third-order valence-electron chi connectivity index (χ3n) is 4.89. The van der Waals surface area contributed by atoms with E-state index in [2.05, 4.69) is 15.5 Å². The van der Waals surface area contributed by atoms with Crippen LogP contribution in [-0.4, -0.2) is 27.9 Å². The van der Waals surface area contributed by atoms with Crippen molar-refractivity contribution in [2.75, 3.05) is 10.2 Å². The van der Waals surface area contributed by atoms with Crippen LogP contribution in [0.1, 0.15) is 35.1 Å². The maximum atomic E-state index is 12.6. The Morgan fingerprint density at radius 3 is 2.30 bits per heavy atom. The average molecular weight is 382 g/mol. The van der Waals surface area contributed by atoms with Gasteiger partial charge in [-0.25, -0.2) is 0 Å². The number of anilines is 2. The zero-order valence-corrected chi connectivity index (χ0v) is 15.5. The lowest BCUT2D eigenvalue weighted by Gasteiger charge is -2.15. The summed E-state index contributed by atoms with van der Waals surface area (Å²) >= 11 is 1.33. The summed E-state index contributed by atoms with van der Waals surface area (Å²) in [5, 5.41) is 11.9. The molecular formula is C19H18N4O3S. The average Bonchev–Trinajstić information content (AvgIpc) is 3.25. The van der Waals surface area contributed by atoms with Crippen molar-refractivity contribution in [2.24, 2.45) is 11.8 Å². The van der Waals surface area contributed by atoms with Crippen LogP contribution in [0.2, 0.25) is 0 Å². The summed E-state index contributed by atoms with van der Waals surface area (Å²) in [6.07, 6.45) is 5.89. The number of fused-ring (bicyclic) bond motifs is 1. The van der Waals surface area contributed by atoms with Crippen molar-refractivity contribution in [3.8, 4) is 0 Å². The maximum Gasteiger partial charge on any atom is 0.257 e. The van der Waals surface area contributed by atoms with Gasteiger partial charge in [0.15, 0.2) is 0 Å². The van der Waals surface area contributed by atoms with E-state index in [1.165, 1.54) is 16.2 Å². The van der Waals surface area contributed by atoms with E-state index in [1.807, 2.05) is 19.1 Å². The molecule has 1 aromatic heterocycles. The first-order chi connectivity index (χ1) is 13.1. The number of aromatic nitrogens is 2. The van der Waals surface area contributed by atoms with Gasteiger partial charge >= 0.3 is 0 Å². The minimum absolute atomic E-state index is 0.160. The van der Waals surface area contributed by atoms with E-state index in [0.29, 0.717) is 29.2 Å². The largest absolute Gasteiger partial charge is 0.296 e. The molecule has 7 nitrogen and oxygen atoms in total. The summed E-state index contributed by atoms with van der Waals surface area (Å²) < 4.78 is 0. The second-order valence-corrected chi connectivity index (χ2v) is 7.59. The summed E-state index contributed by atoms with van der Waals surface area (Å²) in [4.78, 5) is 38.8. The Bertz CT molecular complexity index is 909. The maximum absolute atomic E-state index is 12.6. The van der Waals surface area contributed by atoms with Crippen LogP contribution in [0.25, 0.3) is 0 Å². The molecule has 2 aromatic rings. The van der Waals surface area contributed by atoms with E-state index in [0.717, 1.165) is 11.4 Å². The standard InChI is InChI=1S/C19H18N4O3S/c1-2-15-21-22-19(27-15)20-16(24)11-7-9-12(10-8-11)23-17(25)13-5-3-4-6-14(13)18(23)26/h3-4,7-10,13-14H,2,5-6H2,1H3,(H,20,22,24). The number of hydrogen-bond acceptors (Lipinski definition) is 6. The number of hydrogen-bond donors (Lipinski definition) is 1. The van der Waals surface area contributed by atoms with Crippen LogP contribution >= 0.6 is 11.3 Å². The van der Waals surface area contributed by atoms with Gasteiger partial charge in [0.2, 0.25) is 16.9 Å². The number of carbonyl (C=O) groups is 3. The third kappa shape index (κ3) is 3.16. The number of benzene rings is 1. The van der Waals surface area contributed by atoms with Crippen LogP contribution in [-0.2, 0) is 16.0 Å². The van der Waals surface area contributed by atoms with Gasteiger partial charge in [-0.15, -0.1) is 10.2 Å². The molecule has 1 N–H and O–H groups in total. The molecule has 1 aliphatic heterocycles. The molecule has 1 aliphatic carbocycles. The number of imide groups is 1. The van der Waals surface area contributed by atoms with Gasteiger partial charge < -0.3 is 0 Å². The number of amides is 3. The van der Waals surface area contributed by atoms with Gasteiger partial charge in [0.05, 0.1) is 17.5 Å². The molecule has 2 atom stereocenters. The van der Waals surface area contributed by atoms with Crippen LogP contribution < -0.4 is 10.2 Å². The molecule has 2 aliphatic rings. The van der Waals surface area contributed by atoms with Crippen molar-refractivity contribution in [1.82, 2.24) is 10.2 Å². The van der Waals surface area contributed by atoms with Crippen molar-refractivity contribution in [2.45, 2.75) is 26.2 Å². The lowest BCUT2D eigenvalue weighted by molar-refractivity contribution is -0.122. The van der Waals surface area contributed by atoms with Crippen molar-refractivity contribution in [3.05, 3.63) is 47.0 Å². The summed E-state index contributed by atoms with van der Waals surface area (Å²) in [7, 11) is 0. The molecule has 0 bridgehead atoms. The lowest BCUT2D eigenvalue weighted by Crippen LogP contribution is -2.30. The van der Waals surface area contributed by atoms with Gasteiger partial charge in [0.25, 0.3) is 5.91 Å². The minimum Gasteiger partial charge on any atom is -0.296 e. The topological polar surface area (TPSA) is 92.3 Å². The number of rotatable bonds is 4. The van der Waals surface area contributed by atoms with Crippen LogP contribution in [0.15, 0.2) is 36.4 Å². The number of aryl methyl sites for hydroxylation is 1. The quantitative estimate of drug-likeness (QED) is 0.648. The molecule has 3 amide bonds. The molecule has 138 valence electrons. The highest BCUT2D eigenvalue weighted by Crippen LogP contribution is 2.37. The zero-order valence-electron chi connectivity index (χ0n) is 14.7. The van der Waals surface area contributed by atoms with Crippen LogP contribution in [0.3, 0.4) is 0 Å². The smallest absolute Gasteiger partial charge is 0.257 e. The Kier molecular flexibility index (Phi) is 4.57. The van der Waals surface area contributed by atoms with Crippen LogP contribution in [0.4, 0.5) is 10.8 Å². The molecule has 4 rings (SSSR count). The van der Waals surface area contributed by atoms with E-state index < -0.39 is 0 Å². The Balaban J connectivity index is 1.49. The predicted octanol–water partition coefficient (Wildman–Crippen LogP) is 2.81. The molecule has 0 radical (unpaired) electrons. The Labute approximate surface area is 160 Å². The Morgan fingerprint density at radius 2 is 1.74 bits per heavy atom. The van der Waals surface area contributed by atoms with Crippen molar-refractivity contribution in [1.29, 1.82) is 0 Å². The third-order valence-corrected chi connectivity index (χ3v) is 5.87. The molecule has 0 spiro atoms. The van der Waals surface area contributed by atoms with Gasteiger partial charge in [-0.3, -0.25) is 24.6 Å².